The molecule has 108 valence electrons. The van der Waals surface area contributed by atoms with Crippen LogP contribution in [0.4, 0.5) is 15.8 Å². The molecule has 9 nitrogen and oxygen atoms in total. The van der Waals surface area contributed by atoms with Crippen LogP contribution in [-0.4, -0.2) is 27.8 Å². The van der Waals surface area contributed by atoms with Crippen LogP contribution in [0.25, 0.3) is 10.4 Å². The third-order valence-corrected chi connectivity index (χ3v) is 2.61. The van der Waals surface area contributed by atoms with E-state index in [4.69, 9.17) is 11.3 Å². The van der Waals surface area contributed by atoms with Gasteiger partial charge in [-0.25, -0.2) is 4.39 Å². The van der Waals surface area contributed by atoms with Crippen LogP contribution >= 0.6 is 0 Å². The number of rotatable bonds is 6. The summed E-state index contributed by atoms with van der Waals surface area (Å²) in [5.74, 6) is -0.969. The predicted octanol–water partition coefficient (Wildman–Crippen LogP) is 1.41. The Balaban J connectivity index is 3.02. The van der Waals surface area contributed by atoms with Crippen LogP contribution in [0.3, 0.4) is 0 Å². The minimum atomic E-state index is -1.69. The fourth-order valence-corrected chi connectivity index (χ4v) is 1.58. The molecule has 20 heavy (non-hydrogen) atoms. The highest BCUT2D eigenvalue weighted by Crippen LogP contribution is 2.30. The summed E-state index contributed by atoms with van der Waals surface area (Å²) >= 11 is 0. The van der Waals surface area contributed by atoms with Gasteiger partial charge in [0.15, 0.2) is 0 Å². The summed E-state index contributed by atoms with van der Waals surface area (Å²) in [6.07, 6.45) is -3.25. The zero-order valence-electron chi connectivity index (χ0n) is 10.2. The lowest BCUT2D eigenvalue weighted by Gasteiger charge is -2.18. The van der Waals surface area contributed by atoms with Gasteiger partial charge in [0.25, 0.3) is 5.69 Å². The van der Waals surface area contributed by atoms with Gasteiger partial charge in [-0.05, 0) is 12.0 Å². The van der Waals surface area contributed by atoms with Crippen LogP contribution in [0, 0.1) is 15.9 Å². The van der Waals surface area contributed by atoms with Gasteiger partial charge in [-0.1, -0.05) is 5.11 Å². The summed E-state index contributed by atoms with van der Waals surface area (Å²) < 4.78 is 13.6. The number of azide groups is 1. The number of benzene rings is 1. The van der Waals surface area contributed by atoms with Gasteiger partial charge in [-0.2, -0.15) is 0 Å². The first-order valence-electron chi connectivity index (χ1n) is 5.48. The van der Waals surface area contributed by atoms with Gasteiger partial charge in [0, 0.05) is 29.2 Å². The number of nitro groups is 1. The van der Waals surface area contributed by atoms with E-state index in [1.54, 1.807) is 0 Å². The molecule has 0 saturated carbocycles. The number of nitrogens with two attached hydrogens (primary N) is 1. The Morgan fingerprint density at radius 1 is 1.55 bits per heavy atom. The molecule has 10 heteroatoms. The molecule has 0 fully saturated rings. The van der Waals surface area contributed by atoms with Crippen molar-refractivity contribution in [3.8, 4) is 0 Å². The fraction of sp³-hybridized carbons (Fsp3) is 0.400. The molecule has 0 spiro atoms. The molecule has 0 aliphatic rings. The highest BCUT2D eigenvalue weighted by Gasteiger charge is 2.25. The molecule has 0 amide bonds. The van der Waals surface area contributed by atoms with E-state index >= 15 is 0 Å². The number of aliphatic hydroxyl groups is 2. The normalized spacial score (nSPS) is 13.3. The number of nitrogen functional groups attached to an aromatic ring is 1. The summed E-state index contributed by atoms with van der Waals surface area (Å²) in [6, 6.07) is 1.48. The Morgan fingerprint density at radius 2 is 2.20 bits per heavy atom. The number of hydrogen-bond acceptors (Lipinski definition) is 6. The maximum absolute atomic E-state index is 13.6. The van der Waals surface area contributed by atoms with Crippen LogP contribution in [0.15, 0.2) is 17.2 Å². The van der Waals surface area contributed by atoms with Crippen molar-refractivity contribution in [1.82, 2.24) is 0 Å². The average Bonchev–Trinajstić information content (AvgIpc) is 2.37. The summed E-state index contributed by atoms with van der Waals surface area (Å²) in [5, 5.41) is 33.2. The summed E-state index contributed by atoms with van der Waals surface area (Å²) in [4.78, 5) is 12.3. The Morgan fingerprint density at radius 3 is 2.75 bits per heavy atom. The second-order valence-corrected chi connectivity index (χ2v) is 3.94. The molecule has 2 unspecified atom stereocenters. The van der Waals surface area contributed by atoms with Crippen LogP contribution in [0.2, 0.25) is 0 Å². The SMILES string of the molecule is [N-]=[N+]=NCCC(O)C(O)c1cc([N+](=O)[O-])c(N)cc1F. The minimum Gasteiger partial charge on any atom is -0.393 e. The maximum atomic E-state index is 13.6. The van der Waals surface area contributed by atoms with Crippen molar-refractivity contribution in [3.05, 3.63) is 44.1 Å². The lowest BCUT2D eigenvalue weighted by molar-refractivity contribution is -0.384. The van der Waals surface area contributed by atoms with Gasteiger partial charge in [0.1, 0.15) is 17.6 Å². The molecule has 1 rings (SSSR count). The highest BCUT2D eigenvalue weighted by atomic mass is 19.1. The smallest absolute Gasteiger partial charge is 0.292 e. The quantitative estimate of drug-likeness (QED) is 0.180. The molecule has 2 atom stereocenters. The van der Waals surface area contributed by atoms with Crippen molar-refractivity contribution >= 4 is 11.4 Å². The van der Waals surface area contributed by atoms with Crippen LogP contribution < -0.4 is 5.73 Å². The summed E-state index contributed by atoms with van der Waals surface area (Å²) in [7, 11) is 0. The summed E-state index contributed by atoms with van der Waals surface area (Å²) in [5.41, 5.74) is 12.0. The van der Waals surface area contributed by atoms with E-state index in [9.17, 15) is 24.7 Å². The van der Waals surface area contributed by atoms with Crippen molar-refractivity contribution in [2.45, 2.75) is 18.6 Å². The number of nitrogens with zero attached hydrogens (tertiary/aromatic N) is 4. The van der Waals surface area contributed by atoms with Crippen LogP contribution in [0.1, 0.15) is 18.1 Å². The average molecular weight is 285 g/mol. The van der Waals surface area contributed by atoms with E-state index in [1.165, 1.54) is 0 Å². The Hall–Kier alpha value is -2.42. The molecule has 0 aromatic heterocycles. The summed E-state index contributed by atoms with van der Waals surface area (Å²) in [6.45, 7) is -0.104. The number of halogens is 1. The lowest BCUT2D eigenvalue weighted by atomic mass is 10.0. The van der Waals surface area contributed by atoms with Crippen molar-refractivity contribution in [2.24, 2.45) is 5.11 Å². The molecule has 1 aromatic carbocycles. The van der Waals surface area contributed by atoms with E-state index in [0.29, 0.717) is 6.07 Å². The Labute approximate surface area is 112 Å². The van der Waals surface area contributed by atoms with Crippen LogP contribution in [-0.2, 0) is 0 Å². The largest absolute Gasteiger partial charge is 0.393 e. The van der Waals surface area contributed by atoms with Crippen molar-refractivity contribution in [3.63, 3.8) is 0 Å². The third-order valence-electron chi connectivity index (χ3n) is 2.61. The molecule has 0 saturated heterocycles. The van der Waals surface area contributed by atoms with Gasteiger partial charge in [-0.3, -0.25) is 10.1 Å². The second kappa shape index (κ2) is 6.66. The Kier molecular flexibility index (Phi) is 5.21. The van der Waals surface area contributed by atoms with E-state index in [-0.39, 0.29) is 18.7 Å². The van der Waals surface area contributed by atoms with Gasteiger partial charge >= 0.3 is 0 Å². The molecule has 0 aliphatic heterocycles. The standard InChI is InChI=1S/C10H12FN5O4/c11-6-4-7(12)8(16(19)20)3-5(6)10(18)9(17)1-2-14-15-13/h3-4,9-10,17-18H,1-2,12H2. The predicted molar refractivity (Wildman–Crippen MR) is 67.1 cm³/mol. The van der Waals surface area contributed by atoms with Crippen molar-refractivity contribution < 1.29 is 19.5 Å². The molecular weight excluding hydrogens is 273 g/mol. The highest BCUT2D eigenvalue weighted by molar-refractivity contribution is 5.60. The van der Waals surface area contributed by atoms with Gasteiger partial charge < -0.3 is 15.9 Å². The van der Waals surface area contributed by atoms with Gasteiger partial charge in [-0.15, -0.1) is 0 Å². The zero-order valence-corrected chi connectivity index (χ0v) is 10.2. The number of hydrogen-bond donors (Lipinski definition) is 3. The second-order valence-electron chi connectivity index (χ2n) is 3.94. The first-order chi connectivity index (χ1) is 9.38. The molecule has 4 N–H and O–H groups in total. The molecule has 0 aliphatic carbocycles. The monoisotopic (exact) mass is 285 g/mol. The zero-order chi connectivity index (χ0) is 15.3. The van der Waals surface area contributed by atoms with E-state index in [1.807, 2.05) is 0 Å². The number of nitro benzene ring substituents is 1. The van der Waals surface area contributed by atoms with Gasteiger partial charge in [0.05, 0.1) is 11.0 Å². The first kappa shape index (κ1) is 15.6. The Bertz CT molecular complexity index is 561. The molecule has 0 heterocycles. The van der Waals surface area contributed by atoms with Crippen molar-refractivity contribution in [2.75, 3.05) is 12.3 Å². The molecule has 0 bridgehead atoms. The minimum absolute atomic E-state index is 0.104. The van der Waals surface area contributed by atoms with Crippen molar-refractivity contribution in [1.29, 1.82) is 0 Å². The fourth-order valence-electron chi connectivity index (χ4n) is 1.58. The van der Waals surface area contributed by atoms with E-state index in [0.717, 1.165) is 6.07 Å². The topological polar surface area (TPSA) is 158 Å². The molecule has 0 radical (unpaired) electrons. The van der Waals surface area contributed by atoms with Gasteiger partial charge in [0.2, 0.25) is 0 Å². The maximum Gasteiger partial charge on any atom is 0.292 e. The first-order valence-corrected chi connectivity index (χ1v) is 5.48. The van der Waals surface area contributed by atoms with Crippen LogP contribution in [0.5, 0.6) is 0 Å². The third kappa shape index (κ3) is 3.54. The molecule has 1 aromatic rings. The lowest BCUT2D eigenvalue weighted by Crippen LogP contribution is -2.20. The number of anilines is 1. The number of aliphatic hydroxyl groups excluding tert-OH is 2. The van der Waals surface area contributed by atoms with E-state index < -0.39 is 34.2 Å². The van der Waals surface area contributed by atoms with E-state index in [2.05, 4.69) is 10.0 Å². The molecular formula is C10H12FN5O4.